The lowest BCUT2D eigenvalue weighted by Gasteiger charge is -2.30. The molecule has 2 aromatic heterocycles. The van der Waals surface area contributed by atoms with Gasteiger partial charge in [-0.2, -0.15) is 0 Å². The number of rotatable bonds is 4. The summed E-state index contributed by atoms with van der Waals surface area (Å²) in [6.45, 7) is 6.04. The molecule has 0 aliphatic carbocycles. The predicted octanol–water partition coefficient (Wildman–Crippen LogP) is 4.49. The number of halogens is 2. The average molecular weight is 523 g/mol. The van der Waals surface area contributed by atoms with Crippen molar-refractivity contribution in [2.45, 2.75) is 38.6 Å². The Morgan fingerprint density at radius 3 is 2.71 bits per heavy atom. The number of carbonyl (C=O) groups excluding carboxylic acids is 1. The van der Waals surface area contributed by atoms with Gasteiger partial charge in [-0.05, 0) is 50.6 Å². The van der Waals surface area contributed by atoms with E-state index in [1.165, 1.54) is 11.1 Å². The van der Waals surface area contributed by atoms with Crippen LogP contribution in [0.1, 0.15) is 32.4 Å². The smallest absolute Gasteiger partial charge is 0.439 e. The molecule has 1 fully saturated rings. The highest BCUT2D eigenvalue weighted by Gasteiger charge is 2.35. The van der Waals surface area contributed by atoms with Crippen molar-refractivity contribution in [2.75, 3.05) is 19.7 Å². The molecule has 1 aromatic carbocycles. The monoisotopic (exact) mass is 522 g/mol. The summed E-state index contributed by atoms with van der Waals surface area (Å²) in [4.78, 5) is 32.7. The zero-order chi connectivity index (χ0) is 25.2. The van der Waals surface area contributed by atoms with Crippen molar-refractivity contribution in [2.24, 2.45) is 0 Å². The Bertz CT molecular complexity index is 1260. The molecular weight excluding hydrogens is 499 g/mol. The highest BCUT2D eigenvalue weighted by Crippen LogP contribution is 2.34. The van der Waals surface area contributed by atoms with Gasteiger partial charge in [0.25, 0.3) is 0 Å². The Labute approximate surface area is 211 Å². The average Bonchev–Trinajstić information content (AvgIpc) is 3.11. The number of H-pyrrole nitrogens is 1. The minimum atomic E-state index is -0.727. The molecule has 0 saturated carbocycles. The molecule has 35 heavy (non-hydrogen) atoms. The lowest BCUT2D eigenvalue weighted by atomic mass is 10.0. The molecule has 1 aliphatic heterocycles. The number of carbonyl (C=O) groups is 1. The fourth-order valence-electron chi connectivity index (χ4n) is 3.55. The number of benzene rings is 1. The van der Waals surface area contributed by atoms with Crippen LogP contribution in [0.3, 0.4) is 0 Å². The van der Waals surface area contributed by atoms with Crippen molar-refractivity contribution in [3.8, 4) is 17.3 Å². The fraction of sp³-hybridized carbons (Fsp3) is 0.391. The molecule has 0 bridgehead atoms. The number of ether oxygens (including phenoxy) is 3. The number of hydrogen-bond acceptors (Lipinski definition) is 8. The second kappa shape index (κ2) is 10.3. The van der Waals surface area contributed by atoms with Crippen molar-refractivity contribution in [1.29, 1.82) is 0 Å². The molecule has 4 rings (SSSR count). The largest absolute Gasteiger partial charge is 0.469 e. The van der Waals surface area contributed by atoms with Gasteiger partial charge < -0.3 is 19.1 Å². The summed E-state index contributed by atoms with van der Waals surface area (Å²) in [7, 11) is 0. The minimum absolute atomic E-state index is 0.130. The minimum Gasteiger partial charge on any atom is -0.469 e. The predicted molar refractivity (Wildman–Crippen MR) is 128 cm³/mol. The quantitative estimate of drug-likeness (QED) is 0.532. The molecule has 12 heteroatoms. The molecule has 0 radical (unpaired) electrons. The summed E-state index contributed by atoms with van der Waals surface area (Å²) in [5.74, 6) is -0.387. The van der Waals surface area contributed by atoms with E-state index in [9.17, 15) is 9.59 Å². The lowest BCUT2D eigenvalue weighted by molar-refractivity contribution is -0.0118. The Balaban J connectivity index is 1.70. The van der Waals surface area contributed by atoms with Crippen molar-refractivity contribution in [3.05, 3.63) is 62.7 Å². The van der Waals surface area contributed by atoms with Crippen LogP contribution in [0, 0.1) is 0 Å². The van der Waals surface area contributed by atoms with Crippen LogP contribution in [-0.2, 0) is 9.47 Å². The maximum absolute atomic E-state index is 12.9. The Morgan fingerprint density at radius 1 is 1.23 bits per heavy atom. The zero-order valence-electron chi connectivity index (χ0n) is 19.3. The van der Waals surface area contributed by atoms with Gasteiger partial charge in [0.1, 0.15) is 17.8 Å². The number of aromatic amines is 1. The second-order valence-electron chi connectivity index (χ2n) is 8.85. The van der Waals surface area contributed by atoms with Gasteiger partial charge in [-0.3, -0.25) is 9.51 Å². The van der Waals surface area contributed by atoms with Crippen molar-refractivity contribution < 1.29 is 23.5 Å². The second-order valence-corrected chi connectivity index (χ2v) is 9.66. The molecule has 3 aromatic rings. The topological polar surface area (TPSA) is 120 Å². The molecular formula is C23H24Cl2N4O6. The Kier molecular flexibility index (Phi) is 7.34. The van der Waals surface area contributed by atoms with Gasteiger partial charge in [0.05, 0.1) is 28.8 Å². The third-order valence-electron chi connectivity index (χ3n) is 5.05. The summed E-state index contributed by atoms with van der Waals surface area (Å²) < 4.78 is 22.6. The van der Waals surface area contributed by atoms with Gasteiger partial charge in [-0.15, -0.1) is 0 Å². The van der Waals surface area contributed by atoms with E-state index >= 15 is 0 Å². The van der Waals surface area contributed by atoms with Crippen molar-refractivity contribution in [1.82, 2.24) is 20.0 Å². The number of amides is 1. The van der Waals surface area contributed by atoms with Gasteiger partial charge in [-0.1, -0.05) is 34.4 Å². The van der Waals surface area contributed by atoms with E-state index in [1.807, 2.05) is 0 Å². The number of nitrogens with one attached hydrogen (secondary N) is 1. The molecule has 1 aliphatic rings. The van der Waals surface area contributed by atoms with Gasteiger partial charge in [0.2, 0.25) is 5.88 Å². The van der Waals surface area contributed by atoms with Crippen LogP contribution in [0.25, 0.3) is 11.4 Å². The third-order valence-corrected chi connectivity index (χ3v) is 5.79. The van der Waals surface area contributed by atoms with Crippen LogP contribution in [0.15, 0.2) is 45.8 Å². The SMILES string of the molecule is CC(C)(C)OC(=O)N1CCOC(c2ccc(Cl)c(Cl)c2)C(Oc2ncccc2-c2noc(=O)[nH]2)C1. The molecule has 2 unspecified atom stereocenters. The molecule has 1 saturated heterocycles. The maximum Gasteiger partial charge on any atom is 0.439 e. The first-order valence-corrected chi connectivity index (χ1v) is 11.6. The van der Waals surface area contributed by atoms with E-state index < -0.39 is 29.7 Å². The lowest BCUT2D eigenvalue weighted by Crippen LogP contribution is -2.43. The van der Waals surface area contributed by atoms with E-state index in [1.54, 1.807) is 51.1 Å². The summed E-state index contributed by atoms with van der Waals surface area (Å²) in [6.07, 6.45) is -0.307. The van der Waals surface area contributed by atoms with Gasteiger partial charge in [-0.25, -0.2) is 14.6 Å². The first-order valence-electron chi connectivity index (χ1n) is 10.8. The van der Waals surface area contributed by atoms with E-state index in [0.717, 1.165) is 0 Å². The molecule has 10 nitrogen and oxygen atoms in total. The summed E-state index contributed by atoms with van der Waals surface area (Å²) >= 11 is 12.4. The number of pyridine rings is 1. The van der Waals surface area contributed by atoms with Crippen LogP contribution in [0.5, 0.6) is 5.88 Å². The van der Waals surface area contributed by atoms with E-state index in [2.05, 4.69) is 19.6 Å². The maximum atomic E-state index is 12.9. The number of nitrogens with zero attached hydrogens (tertiary/aromatic N) is 3. The number of aromatic nitrogens is 3. The Morgan fingerprint density at radius 2 is 2.03 bits per heavy atom. The first kappa shape index (κ1) is 25.0. The summed E-state index contributed by atoms with van der Waals surface area (Å²) in [5.41, 5.74) is 0.443. The van der Waals surface area contributed by atoms with Crippen LogP contribution < -0.4 is 10.5 Å². The normalized spacial score (nSPS) is 18.7. The van der Waals surface area contributed by atoms with Gasteiger partial charge >= 0.3 is 11.8 Å². The summed E-state index contributed by atoms with van der Waals surface area (Å²) in [5, 5.41) is 4.49. The summed E-state index contributed by atoms with van der Waals surface area (Å²) in [6, 6.07) is 8.49. The highest BCUT2D eigenvalue weighted by atomic mass is 35.5. The zero-order valence-corrected chi connectivity index (χ0v) is 20.8. The molecule has 3 heterocycles. The number of hydrogen-bond donors (Lipinski definition) is 1. The van der Waals surface area contributed by atoms with E-state index in [0.29, 0.717) is 21.2 Å². The van der Waals surface area contributed by atoms with Crippen LogP contribution in [-0.4, -0.2) is 57.5 Å². The van der Waals surface area contributed by atoms with Crippen molar-refractivity contribution >= 4 is 29.3 Å². The van der Waals surface area contributed by atoms with Crippen LogP contribution in [0.2, 0.25) is 10.0 Å². The molecule has 0 spiro atoms. The Hall–Kier alpha value is -3.08. The van der Waals surface area contributed by atoms with Crippen LogP contribution >= 0.6 is 23.2 Å². The van der Waals surface area contributed by atoms with Gasteiger partial charge in [0.15, 0.2) is 5.82 Å². The van der Waals surface area contributed by atoms with E-state index in [4.69, 9.17) is 37.4 Å². The molecule has 1 N–H and O–H groups in total. The standard InChI is InChI=1S/C23H24Cl2N4O6/c1-23(2,3)34-22(31)29-9-10-32-18(13-6-7-15(24)16(25)11-13)17(12-29)33-20-14(5-4-8-26-20)19-27-21(30)35-28-19/h4-8,11,17-18H,9-10,12H2,1-3H3,(H,27,28,30). The molecule has 1 amide bonds. The molecule has 186 valence electrons. The first-order chi connectivity index (χ1) is 16.6. The molecule has 2 atom stereocenters. The highest BCUT2D eigenvalue weighted by molar-refractivity contribution is 6.42. The van der Waals surface area contributed by atoms with E-state index in [-0.39, 0.29) is 31.4 Å². The van der Waals surface area contributed by atoms with Gasteiger partial charge in [0, 0.05) is 12.7 Å². The fourth-order valence-corrected chi connectivity index (χ4v) is 3.85. The van der Waals surface area contributed by atoms with Crippen molar-refractivity contribution in [3.63, 3.8) is 0 Å². The third kappa shape index (κ3) is 6.14. The van der Waals surface area contributed by atoms with Crippen LogP contribution in [0.4, 0.5) is 4.79 Å².